The number of hydrogen-bond acceptors (Lipinski definition) is 4. The smallest absolute Gasteiger partial charge is 0.243 e. The molecule has 8 heteroatoms. The van der Waals surface area contributed by atoms with Crippen molar-refractivity contribution in [3.8, 4) is 0 Å². The fourth-order valence-electron chi connectivity index (χ4n) is 3.77. The highest BCUT2D eigenvalue weighted by Crippen LogP contribution is 2.21. The lowest BCUT2D eigenvalue weighted by atomic mass is 10.1. The van der Waals surface area contributed by atoms with E-state index in [4.69, 9.17) is 0 Å². The zero-order valence-corrected chi connectivity index (χ0v) is 20.6. The third kappa shape index (κ3) is 6.01. The second-order valence-corrected chi connectivity index (χ2v) is 10.2. The van der Waals surface area contributed by atoms with Gasteiger partial charge in [0.25, 0.3) is 0 Å². The molecule has 0 fully saturated rings. The van der Waals surface area contributed by atoms with E-state index in [9.17, 15) is 18.0 Å². The van der Waals surface area contributed by atoms with Crippen molar-refractivity contribution < 1.29 is 18.0 Å². The molecule has 0 saturated heterocycles. The fraction of sp³-hybridized carbons (Fsp3) is 0.308. The van der Waals surface area contributed by atoms with E-state index in [0.717, 1.165) is 20.6 Å². The van der Waals surface area contributed by atoms with Crippen LogP contribution in [0.5, 0.6) is 0 Å². The Labute approximate surface area is 201 Å². The Balaban J connectivity index is 1.79. The first-order valence-electron chi connectivity index (χ1n) is 11.3. The quantitative estimate of drug-likeness (QED) is 0.482. The summed E-state index contributed by atoms with van der Waals surface area (Å²) in [4.78, 5) is 27.3. The average Bonchev–Trinajstić information content (AvgIpc) is 2.84. The largest absolute Gasteiger partial charge is 0.355 e. The summed E-state index contributed by atoms with van der Waals surface area (Å²) in [6.45, 7) is 3.84. The lowest BCUT2D eigenvalue weighted by Crippen LogP contribution is -2.51. The predicted molar refractivity (Wildman–Crippen MR) is 134 cm³/mol. The number of nitrogens with one attached hydrogen (secondary N) is 1. The molecule has 0 aromatic heterocycles. The number of rotatable bonds is 10. The summed E-state index contributed by atoms with van der Waals surface area (Å²) in [6.07, 6.45) is 0.553. The van der Waals surface area contributed by atoms with Crippen LogP contribution in [0.3, 0.4) is 0 Å². The van der Waals surface area contributed by atoms with Gasteiger partial charge in [-0.25, -0.2) is 8.42 Å². The Morgan fingerprint density at radius 3 is 2.26 bits per heavy atom. The molecule has 34 heavy (non-hydrogen) atoms. The highest BCUT2D eigenvalue weighted by atomic mass is 32.2. The van der Waals surface area contributed by atoms with E-state index in [2.05, 4.69) is 5.32 Å². The summed E-state index contributed by atoms with van der Waals surface area (Å²) in [6, 6.07) is 21.3. The molecule has 0 radical (unpaired) electrons. The van der Waals surface area contributed by atoms with Gasteiger partial charge in [-0.05, 0) is 48.7 Å². The first kappa shape index (κ1) is 25.4. The van der Waals surface area contributed by atoms with E-state index in [1.165, 1.54) is 11.9 Å². The minimum atomic E-state index is -3.90. The van der Waals surface area contributed by atoms with Crippen LogP contribution in [-0.4, -0.2) is 62.2 Å². The molecular formula is C26H31N3O4S. The van der Waals surface area contributed by atoms with Crippen LogP contribution in [0.1, 0.15) is 19.4 Å². The second-order valence-electron chi connectivity index (χ2n) is 8.16. The molecule has 0 aliphatic rings. The highest BCUT2D eigenvalue weighted by Gasteiger charge is 2.29. The van der Waals surface area contributed by atoms with Crippen molar-refractivity contribution >= 4 is 32.6 Å². The summed E-state index contributed by atoms with van der Waals surface area (Å²) >= 11 is 0. The third-order valence-corrected chi connectivity index (χ3v) is 7.59. The van der Waals surface area contributed by atoms with Crippen molar-refractivity contribution in [3.63, 3.8) is 0 Å². The Kier molecular flexibility index (Phi) is 8.41. The molecule has 0 bridgehead atoms. The van der Waals surface area contributed by atoms with Crippen molar-refractivity contribution in [2.24, 2.45) is 0 Å². The van der Waals surface area contributed by atoms with E-state index in [1.54, 1.807) is 25.1 Å². The molecular weight excluding hydrogens is 450 g/mol. The maximum absolute atomic E-state index is 13.3. The Morgan fingerprint density at radius 2 is 1.59 bits per heavy atom. The first-order valence-corrected chi connectivity index (χ1v) is 12.7. The minimum Gasteiger partial charge on any atom is -0.355 e. The summed E-state index contributed by atoms with van der Waals surface area (Å²) in [5.41, 5.74) is 1.03. The van der Waals surface area contributed by atoms with Crippen LogP contribution in [-0.2, 0) is 26.0 Å². The van der Waals surface area contributed by atoms with E-state index >= 15 is 0 Å². The molecule has 0 saturated carbocycles. The first-order chi connectivity index (χ1) is 16.2. The number of sulfonamides is 1. The number of benzene rings is 3. The van der Waals surface area contributed by atoms with Crippen LogP contribution >= 0.6 is 0 Å². The van der Waals surface area contributed by atoms with Gasteiger partial charge in [0.2, 0.25) is 21.8 Å². The molecule has 180 valence electrons. The van der Waals surface area contributed by atoms with E-state index in [-0.39, 0.29) is 17.3 Å². The molecule has 0 unspecified atom stereocenters. The molecule has 0 heterocycles. The number of nitrogens with zero attached hydrogens (tertiary/aromatic N) is 2. The second kappa shape index (κ2) is 11.3. The van der Waals surface area contributed by atoms with Gasteiger partial charge in [0.15, 0.2) is 0 Å². The highest BCUT2D eigenvalue weighted by molar-refractivity contribution is 7.89. The predicted octanol–water partition coefficient (Wildman–Crippen LogP) is 3.06. The summed E-state index contributed by atoms with van der Waals surface area (Å²) in [5.74, 6) is -0.703. The lowest BCUT2D eigenvalue weighted by Gasteiger charge is -2.30. The topological polar surface area (TPSA) is 86.8 Å². The molecule has 1 N–H and O–H groups in total. The Hall–Kier alpha value is -3.23. The fourth-order valence-corrected chi connectivity index (χ4v) is 4.92. The molecule has 3 aromatic carbocycles. The van der Waals surface area contributed by atoms with Crippen molar-refractivity contribution in [2.75, 3.05) is 26.7 Å². The number of carbonyl (C=O) groups excluding carboxylic acids is 2. The van der Waals surface area contributed by atoms with E-state index < -0.39 is 22.0 Å². The van der Waals surface area contributed by atoms with Gasteiger partial charge in [-0.2, -0.15) is 4.31 Å². The van der Waals surface area contributed by atoms with Gasteiger partial charge in [0.1, 0.15) is 6.04 Å². The summed E-state index contributed by atoms with van der Waals surface area (Å²) in [5, 5.41) is 4.48. The molecule has 3 rings (SSSR count). The monoisotopic (exact) mass is 481 g/mol. The van der Waals surface area contributed by atoms with Crippen LogP contribution in [0, 0.1) is 0 Å². The van der Waals surface area contributed by atoms with Gasteiger partial charge in [-0.1, -0.05) is 60.7 Å². The van der Waals surface area contributed by atoms with Gasteiger partial charge < -0.3 is 10.2 Å². The number of amides is 2. The van der Waals surface area contributed by atoms with E-state index in [0.29, 0.717) is 19.5 Å². The Morgan fingerprint density at radius 1 is 0.941 bits per heavy atom. The number of hydrogen-bond donors (Lipinski definition) is 1. The van der Waals surface area contributed by atoms with Crippen molar-refractivity contribution in [1.82, 2.24) is 14.5 Å². The standard InChI is InChI=1S/C26H31N3O4S/c1-4-27-26(31)20(2)29(17-16-21-10-6-5-7-11-21)25(30)19-28(3)34(32,33)24-15-14-22-12-8-9-13-23(22)18-24/h5-15,18,20H,4,16-17,19H2,1-3H3,(H,27,31)/t20-/m0/s1. The number of fused-ring (bicyclic) bond motifs is 1. The van der Waals surface area contributed by atoms with Crippen molar-refractivity contribution in [3.05, 3.63) is 78.4 Å². The molecule has 1 atom stereocenters. The van der Waals surface area contributed by atoms with Gasteiger partial charge in [0.05, 0.1) is 11.4 Å². The van der Waals surface area contributed by atoms with Gasteiger partial charge in [-0.3, -0.25) is 9.59 Å². The lowest BCUT2D eigenvalue weighted by molar-refractivity contribution is -0.139. The molecule has 0 spiro atoms. The average molecular weight is 482 g/mol. The maximum Gasteiger partial charge on any atom is 0.243 e. The van der Waals surface area contributed by atoms with Crippen molar-refractivity contribution in [1.29, 1.82) is 0 Å². The van der Waals surface area contributed by atoms with Gasteiger partial charge in [-0.15, -0.1) is 0 Å². The zero-order valence-electron chi connectivity index (χ0n) is 19.8. The minimum absolute atomic E-state index is 0.120. The molecule has 7 nitrogen and oxygen atoms in total. The number of carbonyl (C=O) groups is 2. The van der Waals surface area contributed by atoms with Crippen LogP contribution in [0.2, 0.25) is 0 Å². The van der Waals surface area contributed by atoms with Crippen LogP contribution in [0.4, 0.5) is 0 Å². The molecule has 3 aromatic rings. The van der Waals surface area contributed by atoms with Crippen molar-refractivity contribution in [2.45, 2.75) is 31.2 Å². The van der Waals surface area contributed by atoms with Gasteiger partial charge in [0, 0.05) is 20.1 Å². The van der Waals surface area contributed by atoms with Crippen LogP contribution < -0.4 is 5.32 Å². The maximum atomic E-state index is 13.3. The molecule has 0 aliphatic carbocycles. The van der Waals surface area contributed by atoms with Crippen LogP contribution in [0.15, 0.2) is 77.7 Å². The summed E-state index contributed by atoms with van der Waals surface area (Å²) in [7, 11) is -2.51. The normalized spacial score (nSPS) is 12.5. The van der Waals surface area contributed by atoms with Gasteiger partial charge >= 0.3 is 0 Å². The SMILES string of the molecule is CCNC(=O)[C@H](C)N(CCc1ccccc1)C(=O)CN(C)S(=O)(=O)c1ccc2ccccc2c1. The molecule has 2 amide bonds. The van der Waals surface area contributed by atoms with E-state index in [1.807, 2.05) is 61.5 Å². The third-order valence-electron chi connectivity index (χ3n) is 5.79. The zero-order chi connectivity index (χ0) is 24.7. The van der Waals surface area contributed by atoms with Crippen LogP contribution in [0.25, 0.3) is 10.8 Å². The molecule has 0 aliphatic heterocycles. The Bertz CT molecular complexity index is 1250. The summed E-state index contributed by atoms with van der Waals surface area (Å²) < 4.78 is 27.4. The number of likely N-dealkylation sites (N-methyl/N-ethyl adjacent to an activating group) is 2.